The van der Waals surface area contributed by atoms with E-state index in [0.29, 0.717) is 10.6 Å². The Morgan fingerprint density at radius 3 is 2.42 bits per heavy atom. The number of amides is 1. The molecule has 0 unspecified atom stereocenters. The van der Waals surface area contributed by atoms with E-state index in [-0.39, 0.29) is 24.2 Å². The van der Waals surface area contributed by atoms with E-state index < -0.39 is 11.7 Å². The Morgan fingerprint density at radius 1 is 1.21 bits per heavy atom. The molecule has 0 saturated heterocycles. The van der Waals surface area contributed by atoms with Crippen LogP contribution in [0.15, 0.2) is 42.6 Å². The van der Waals surface area contributed by atoms with Crippen molar-refractivity contribution in [1.29, 1.82) is 0 Å². The van der Waals surface area contributed by atoms with Gasteiger partial charge in [-0.15, -0.1) is 0 Å². The molecule has 0 N–H and O–H groups in total. The second-order valence-electron chi connectivity index (χ2n) is 5.72. The molecule has 0 aliphatic heterocycles. The van der Waals surface area contributed by atoms with Gasteiger partial charge in [0.05, 0.1) is 5.56 Å². The maximum absolute atomic E-state index is 12.6. The number of hydrogen-bond donors (Lipinski definition) is 0. The van der Waals surface area contributed by atoms with Gasteiger partial charge in [0.25, 0.3) is 5.91 Å². The van der Waals surface area contributed by atoms with Crippen LogP contribution in [-0.4, -0.2) is 21.8 Å². The molecule has 0 bridgehead atoms. The van der Waals surface area contributed by atoms with E-state index in [4.69, 9.17) is 11.6 Å². The van der Waals surface area contributed by atoms with Crippen LogP contribution in [0, 0.1) is 0 Å². The Bertz CT molecular complexity index is 742. The SMILES string of the molecule is O=C(c1cc(Cl)ccn1)N(Cc1ccc(C(F)(F)F)cc1)C1CC1. The fraction of sp³-hybridized carbons (Fsp3) is 0.294. The quantitative estimate of drug-likeness (QED) is 0.806. The van der Waals surface area contributed by atoms with Crippen LogP contribution in [0.5, 0.6) is 0 Å². The molecular formula is C17H14ClF3N2O. The van der Waals surface area contributed by atoms with Gasteiger partial charge in [0.1, 0.15) is 5.69 Å². The van der Waals surface area contributed by atoms with Crippen molar-refractivity contribution in [3.63, 3.8) is 0 Å². The second-order valence-corrected chi connectivity index (χ2v) is 6.15. The van der Waals surface area contributed by atoms with Gasteiger partial charge in [-0.25, -0.2) is 0 Å². The van der Waals surface area contributed by atoms with Gasteiger partial charge in [0.2, 0.25) is 0 Å². The van der Waals surface area contributed by atoms with Crippen LogP contribution in [0.25, 0.3) is 0 Å². The number of aromatic nitrogens is 1. The summed E-state index contributed by atoms with van der Waals surface area (Å²) in [4.78, 5) is 18.3. The van der Waals surface area contributed by atoms with E-state index in [9.17, 15) is 18.0 Å². The molecular weight excluding hydrogens is 341 g/mol. The van der Waals surface area contributed by atoms with Crippen LogP contribution in [0.3, 0.4) is 0 Å². The average Bonchev–Trinajstić information content (AvgIpc) is 3.36. The molecule has 3 nitrogen and oxygen atoms in total. The van der Waals surface area contributed by atoms with Gasteiger partial charge in [0, 0.05) is 23.8 Å². The maximum Gasteiger partial charge on any atom is 0.416 e. The van der Waals surface area contributed by atoms with Gasteiger partial charge in [-0.05, 0) is 42.7 Å². The predicted octanol–water partition coefficient (Wildman–Crippen LogP) is 4.56. The van der Waals surface area contributed by atoms with Crippen molar-refractivity contribution in [1.82, 2.24) is 9.88 Å². The third-order valence-electron chi connectivity index (χ3n) is 3.82. The smallest absolute Gasteiger partial charge is 0.330 e. The molecule has 1 aromatic heterocycles. The van der Waals surface area contributed by atoms with Crippen molar-refractivity contribution in [2.45, 2.75) is 31.6 Å². The predicted molar refractivity (Wildman–Crippen MR) is 83.6 cm³/mol. The van der Waals surface area contributed by atoms with Crippen LogP contribution < -0.4 is 0 Å². The second kappa shape index (κ2) is 6.43. The topological polar surface area (TPSA) is 33.2 Å². The van der Waals surface area contributed by atoms with Gasteiger partial charge in [-0.3, -0.25) is 9.78 Å². The van der Waals surface area contributed by atoms with Crippen molar-refractivity contribution in [3.8, 4) is 0 Å². The van der Waals surface area contributed by atoms with Gasteiger partial charge in [-0.1, -0.05) is 23.7 Å². The molecule has 3 rings (SSSR count). The lowest BCUT2D eigenvalue weighted by Crippen LogP contribution is -2.33. The summed E-state index contributed by atoms with van der Waals surface area (Å²) in [5, 5.41) is 0.415. The van der Waals surface area contributed by atoms with Gasteiger partial charge in [0.15, 0.2) is 0 Å². The summed E-state index contributed by atoms with van der Waals surface area (Å²) in [7, 11) is 0. The van der Waals surface area contributed by atoms with Crippen molar-refractivity contribution >= 4 is 17.5 Å². The number of nitrogens with zero attached hydrogens (tertiary/aromatic N) is 2. The molecule has 1 fully saturated rings. The number of benzene rings is 1. The lowest BCUT2D eigenvalue weighted by molar-refractivity contribution is -0.137. The number of pyridine rings is 1. The first kappa shape index (κ1) is 16.8. The highest BCUT2D eigenvalue weighted by atomic mass is 35.5. The van der Waals surface area contributed by atoms with E-state index in [1.807, 2.05) is 0 Å². The molecule has 7 heteroatoms. The summed E-state index contributed by atoms with van der Waals surface area (Å²) in [5.41, 5.74) is 0.179. The van der Waals surface area contributed by atoms with Crippen molar-refractivity contribution in [3.05, 3.63) is 64.4 Å². The minimum atomic E-state index is -4.37. The summed E-state index contributed by atoms with van der Waals surface area (Å²) >= 11 is 5.89. The lowest BCUT2D eigenvalue weighted by Gasteiger charge is -2.22. The van der Waals surface area contributed by atoms with Gasteiger partial charge in [-0.2, -0.15) is 13.2 Å². The monoisotopic (exact) mass is 354 g/mol. The molecule has 1 aliphatic carbocycles. The number of halogens is 4. The van der Waals surface area contributed by atoms with Gasteiger partial charge < -0.3 is 4.90 Å². The third kappa shape index (κ3) is 3.87. The molecule has 0 radical (unpaired) electrons. The fourth-order valence-electron chi connectivity index (χ4n) is 2.42. The van der Waals surface area contributed by atoms with E-state index in [1.54, 1.807) is 11.0 Å². The minimum absolute atomic E-state index is 0.0978. The van der Waals surface area contributed by atoms with E-state index in [1.165, 1.54) is 24.4 Å². The number of carbonyl (C=O) groups is 1. The Hall–Kier alpha value is -2.08. The molecule has 2 aromatic rings. The van der Waals surface area contributed by atoms with Crippen LogP contribution in [0.4, 0.5) is 13.2 Å². The third-order valence-corrected chi connectivity index (χ3v) is 4.06. The summed E-state index contributed by atoms with van der Waals surface area (Å²) in [5.74, 6) is -0.264. The molecule has 1 aliphatic rings. The molecule has 24 heavy (non-hydrogen) atoms. The lowest BCUT2D eigenvalue weighted by atomic mass is 10.1. The Kier molecular flexibility index (Phi) is 4.49. The van der Waals surface area contributed by atoms with E-state index >= 15 is 0 Å². The van der Waals surface area contributed by atoms with Crippen LogP contribution in [0.2, 0.25) is 5.02 Å². The fourth-order valence-corrected chi connectivity index (χ4v) is 2.58. The minimum Gasteiger partial charge on any atom is -0.330 e. The number of alkyl halides is 3. The molecule has 126 valence electrons. The standard InChI is InChI=1S/C17H14ClF3N2O/c18-13-7-8-22-15(9-13)16(24)23(14-5-6-14)10-11-1-3-12(4-2-11)17(19,20)21/h1-4,7-9,14H,5-6,10H2. The van der Waals surface area contributed by atoms with E-state index in [2.05, 4.69) is 4.98 Å². The van der Waals surface area contributed by atoms with Gasteiger partial charge >= 0.3 is 6.18 Å². The number of carbonyl (C=O) groups excluding carboxylic acids is 1. The normalized spacial score (nSPS) is 14.5. The zero-order valence-corrected chi connectivity index (χ0v) is 13.3. The zero-order chi connectivity index (χ0) is 17.3. The van der Waals surface area contributed by atoms with Crippen molar-refractivity contribution in [2.24, 2.45) is 0 Å². The van der Waals surface area contributed by atoms with Crippen molar-refractivity contribution in [2.75, 3.05) is 0 Å². The zero-order valence-electron chi connectivity index (χ0n) is 12.6. The summed E-state index contributed by atoms with van der Waals surface area (Å²) in [6, 6.07) is 8.03. The van der Waals surface area contributed by atoms with Crippen LogP contribution in [0.1, 0.15) is 34.5 Å². The molecule has 1 amide bonds. The Balaban J connectivity index is 1.78. The average molecular weight is 355 g/mol. The highest BCUT2D eigenvalue weighted by Crippen LogP contribution is 2.32. The molecule has 1 heterocycles. The highest BCUT2D eigenvalue weighted by molar-refractivity contribution is 6.30. The first-order valence-electron chi connectivity index (χ1n) is 7.43. The summed E-state index contributed by atoms with van der Waals surface area (Å²) in [6.45, 7) is 0.246. The molecule has 0 spiro atoms. The van der Waals surface area contributed by atoms with Crippen LogP contribution >= 0.6 is 11.6 Å². The Morgan fingerprint density at radius 2 is 1.88 bits per heavy atom. The molecule has 0 atom stereocenters. The van der Waals surface area contributed by atoms with E-state index in [0.717, 1.165) is 25.0 Å². The van der Waals surface area contributed by atoms with Crippen molar-refractivity contribution < 1.29 is 18.0 Å². The first-order valence-corrected chi connectivity index (χ1v) is 7.81. The maximum atomic E-state index is 12.6. The molecule has 1 aromatic carbocycles. The Labute approximate surface area is 142 Å². The highest BCUT2D eigenvalue weighted by Gasteiger charge is 2.34. The number of rotatable bonds is 4. The summed E-state index contributed by atoms with van der Waals surface area (Å²) < 4.78 is 37.9. The molecule has 1 saturated carbocycles. The largest absolute Gasteiger partial charge is 0.416 e. The first-order chi connectivity index (χ1) is 11.3. The number of hydrogen-bond acceptors (Lipinski definition) is 2. The summed E-state index contributed by atoms with van der Waals surface area (Å²) in [6.07, 6.45) is -1.14. The van der Waals surface area contributed by atoms with Crippen LogP contribution in [-0.2, 0) is 12.7 Å².